The van der Waals surface area contributed by atoms with Crippen molar-refractivity contribution >= 4 is 32.7 Å². The van der Waals surface area contributed by atoms with Crippen LogP contribution in [-0.2, 0) is 17.9 Å². The number of rotatable bonds is 4. The lowest BCUT2D eigenvalue weighted by Gasteiger charge is -2.11. The number of ether oxygens (including phenoxy) is 2. The molecule has 132 valence electrons. The highest BCUT2D eigenvalue weighted by molar-refractivity contribution is 9.10. The minimum atomic E-state index is -0.146. The number of benzene rings is 2. The predicted octanol–water partition coefficient (Wildman–Crippen LogP) is 2.81. The van der Waals surface area contributed by atoms with E-state index in [1.165, 1.54) is 6.07 Å². The molecule has 1 aromatic heterocycles. The highest BCUT2D eigenvalue weighted by atomic mass is 79.9. The fourth-order valence-corrected chi connectivity index (χ4v) is 3.23. The third kappa shape index (κ3) is 3.30. The van der Waals surface area contributed by atoms with E-state index in [1.54, 1.807) is 16.8 Å². The van der Waals surface area contributed by atoms with Crippen molar-refractivity contribution in [3.63, 3.8) is 0 Å². The Morgan fingerprint density at radius 1 is 1.12 bits per heavy atom. The van der Waals surface area contributed by atoms with Crippen molar-refractivity contribution in [2.45, 2.75) is 13.1 Å². The van der Waals surface area contributed by atoms with E-state index in [-0.39, 0.29) is 24.7 Å². The number of carbonyl (C=O) groups excluding carboxylic acids is 1. The summed E-state index contributed by atoms with van der Waals surface area (Å²) in [6, 6.07) is 12.4. The Hall–Kier alpha value is -2.80. The Bertz CT molecular complexity index is 1060. The second kappa shape index (κ2) is 6.84. The van der Waals surface area contributed by atoms with Gasteiger partial charge in [0, 0.05) is 28.7 Å². The Kier molecular flexibility index (Phi) is 4.38. The van der Waals surface area contributed by atoms with Crippen molar-refractivity contribution in [3.05, 3.63) is 68.9 Å². The van der Waals surface area contributed by atoms with Gasteiger partial charge in [0.25, 0.3) is 0 Å². The molecule has 0 aliphatic carbocycles. The second-order valence-electron chi connectivity index (χ2n) is 5.93. The van der Waals surface area contributed by atoms with E-state index in [1.807, 2.05) is 30.3 Å². The van der Waals surface area contributed by atoms with Crippen LogP contribution in [-0.4, -0.2) is 17.3 Å². The predicted molar refractivity (Wildman–Crippen MR) is 100 cm³/mol. The lowest BCUT2D eigenvalue weighted by molar-refractivity contribution is -0.121. The van der Waals surface area contributed by atoms with Gasteiger partial charge in [-0.25, -0.2) is 0 Å². The number of fused-ring (bicyclic) bond motifs is 2. The number of carbonyl (C=O) groups is 1. The summed E-state index contributed by atoms with van der Waals surface area (Å²) in [5.41, 5.74) is 1.57. The zero-order valence-corrected chi connectivity index (χ0v) is 15.3. The molecule has 1 aliphatic heterocycles. The number of nitrogens with one attached hydrogen (secondary N) is 1. The van der Waals surface area contributed by atoms with E-state index in [4.69, 9.17) is 9.47 Å². The molecule has 1 N–H and O–H groups in total. The molecule has 0 spiro atoms. The van der Waals surface area contributed by atoms with Gasteiger partial charge < -0.3 is 19.4 Å². The van der Waals surface area contributed by atoms with Crippen molar-refractivity contribution in [2.75, 3.05) is 6.79 Å². The molecule has 0 saturated heterocycles. The molecule has 26 heavy (non-hydrogen) atoms. The molecular formula is C19H15BrN2O4. The zero-order valence-electron chi connectivity index (χ0n) is 13.7. The Balaban J connectivity index is 1.48. The van der Waals surface area contributed by atoms with Crippen LogP contribution in [0.25, 0.3) is 10.9 Å². The number of hydrogen-bond acceptors (Lipinski definition) is 4. The van der Waals surface area contributed by atoms with Gasteiger partial charge in [-0.3, -0.25) is 9.59 Å². The number of hydrogen-bond donors (Lipinski definition) is 1. The van der Waals surface area contributed by atoms with Crippen molar-refractivity contribution in [1.29, 1.82) is 0 Å². The maximum Gasteiger partial charge on any atom is 0.240 e. The van der Waals surface area contributed by atoms with Crippen LogP contribution in [0.2, 0.25) is 0 Å². The lowest BCUT2D eigenvalue weighted by atomic mass is 10.2. The SMILES string of the molecule is O=C(Cn1ccc(=O)c2ccc(Br)cc21)NCc1ccc2c(c1)OCO2. The Labute approximate surface area is 157 Å². The van der Waals surface area contributed by atoms with Crippen LogP contribution in [0.1, 0.15) is 5.56 Å². The van der Waals surface area contributed by atoms with E-state index in [2.05, 4.69) is 21.2 Å². The molecule has 1 amide bonds. The van der Waals surface area contributed by atoms with Crippen LogP contribution >= 0.6 is 15.9 Å². The van der Waals surface area contributed by atoms with Crippen molar-refractivity contribution in [1.82, 2.24) is 9.88 Å². The van der Waals surface area contributed by atoms with Crippen molar-refractivity contribution < 1.29 is 14.3 Å². The summed E-state index contributed by atoms with van der Waals surface area (Å²) in [4.78, 5) is 24.3. The smallest absolute Gasteiger partial charge is 0.240 e. The third-order valence-electron chi connectivity index (χ3n) is 4.18. The summed E-state index contributed by atoms with van der Waals surface area (Å²) in [6.45, 7) is 0.731. The van der Waals surface area contributed by atoms with Gasteiger partial charge in [0.15, 0.2) is 16.9 Å². The summed E-state index contributed by atoms with van der Waals surface area (Å²) in [6.07, 6.45) is 1.64. The topological polar surface area (TPSA) is 69.6 Å². The molecule has 7 heteroatoms. The van der Waals surface area contributed by atoms with Crippen LogP contribution in [0.15, 0.2) is 57.9 Å². The van der Waals surface area contributed by atoms with E-state index in [0.29, 0.717) is 28.9 Å². The average molecular weight is 415 g/mol. The summed E-state index contributed by atoms with van der Waals surface area (Å²) in [5.74, 6) is 1.26. The van der Waals surface area contributed by atoms with Gasteiger partial charge in [-0.1, -0.05) is 22.0 Å². The molecule has 1 aliphatic rings. The molecule has 0 radical (unpaired) electrons. The monoisotopic (exact) mass is 414 g/mol. The zero-order chi connectivity index (χ0) is 18.1. The van der Waals surface area contributed by atoms with E-state index in [9.17, 15) is 9.59 Å². The molecule has 0 saturated carbocycles. The fraction of sp³-hybridized carbons (Fsp3) is 0.158. The Morgan fingerprint density at radius 3 is 2.85 bits per heavy atom. The first-order valence-electron chi connectivity index (χ1n) is 8.04. The van der Waals surface area contributed by atoms with Gasteiger partial charge >= 0.3 is 0 Å². The van der Waals surface area contributed by atoms with E-state index in [0.717, 1.165) is 10.0 Å². The number of aromatic nitrogens is 1. The molecule has 0 fully saturated rings. The van der Waals surface area contributed by atoms with E-state index >= 15 is 0 Å². The number of nitrogens with zero attached hydrogens (tertiary/aromatic N) is 1. The standard InChI is InChI=1S/C19H15BrN2O4/c20-13-2-3-14-15(8-13)22(6-5-16(14)23)10-19(24)21-9-12-1-4-17-18(7-12)26-11-25-17/h1-8H,9-11H2,(H,21,24). The van der Waals surface area contributed by atoms with Crippen molar-refractivity contribution in [3.8, 4) is 11.5 Å². The van der Waals surface area contributed by atoms with E-state index < -0.39 is 0 Å². The first-order valence-corrected chi connectivity index (χ1v) is 8.83. The molecule has 4 rings (SSSR count). The molecule has 2 heterocycles. The second-order valence-corrected chi connectivity index (χ2v) is 6.85. The molecule has 0 unspecified atom stereocenters. The molecule has 0 atom stereocenters. The summed E-state index contributed by atoms with van der Waals surface area (Å²) >= 11 is 3.41. The van der Waals surface area contributed by atoms with Crippen LogP contribution in [0.3, 0.4) is 0 Å². The molecule has 2 aromatic carbocycles. The fourth-order valence-electron chi connectivity index (χ4n) is 2.88. The number of pyridine rings is 1. The van der Waals surface area contributed by atoms with Crippen molar-refractivity contribution in [2.24, 2.45) is 0 Å². The largest absolute Gasteiger partial charge is 0.454 e. The van der Waals surface area contributed by atoms with Crippen LogP contribution in [0, 0.1) is 0 Å². The third-order valence-corrected chi connectivity index (χ3v) is 4.67. The molecular weight excluding hydrogens is 400 g/mol. The van der Waals surface area contributed by atoms with Gasteiger partial charge in [-0.15, -0.1) is 0 Å². The maximum absolute atomic E-state index is 12.4. The van der Waals surface area contributed by atoms with Crippen LogP contribution in [0.4, 0.5) is 0 Å². The Morgan fingerprint density at radius 2 is 1.96 bits per heavy atom. The summed E-state index contributed by atoms with van der Waals surface area (Å²) in [5, 5.41) is 3.47. The van der Waals surface area contributed by atoms with Crippen LogP contribution in [0.5, 0.6) is 11.5 Å². The van der Waals surface area contributed by atoms with Gasteiger partial charge in [0.05, 0.1) is 5.52 Å². The lowest BCUT2D eigenvalue weighted by Crippen LogP contribution is -2.27. The van der Waals surface area contributed by atoms with Gasteiger partial charge in [0.1, 0.15) is 6.54 Å². The quantitative estimate of drug-likeness (QED) is 0.712. The van der Waals surface area contributed by atoms with Gasteiger partial charge in [0.2, 0.25) is 12.7 Å². The highest BCUT2D eigenvalue weighted by Crippen LogP contribution is 2.32. The van der Waals surface area contributed by atoms with Gasteiger partial charge in [-0.05, 0) is 35.9 Å². The summed E-state index contributed by atoms with van der Waals surface area (Å²) < 4.78 is 13.2. The number of halogens is 1. The normalized spacial score (nSPS) is 12.3. The minimum absolute atomic E-state index is 0.0653. The maximum atomic E-state index is 12.4. The van der Waals surface area contributed by atoms with Gasteiger partial charge in [-0.2, -0.15) is 0 Å². The summed E-state index contributed by atoms with van der Waals surface area (Å²) in [7, 11) is 0. The molecule has 0 bridgehead atoms. The van der Waals surface area contributed by atoms with Crippen LogP contribution < -0.4 is 20.2 Å². The first-order chi connectivity index (χ1) is 12.6. The average Bonchev–Trinajstić information content (AvgIpc) is 3.10. The number of amides is 1. The molecule has 6 nitrogen and oxygen atoms in total. The minimum Gasteiger partial charge on any atom is -0.454 e. The highest BCUT2D eigenvalue weighted by Gasteiger charge is 2.13. The molecule has 3 aromatic rings. The first kappa shape index (κ1) is 16.7.